The largest absolute Gasteiger partial charge is 0.379 e. The topological polar surface area (TPSA) is 163 Å². The molecule has 0 aliphatic carbocycles. The lowest BCUT2D eigenvalue weighted by atomic mass is 10.0. The number of hydrogen-bond donors (Lipinski definition) is 1. The van der Waals surface area contributed by atoms with Gasteiger partial charge >= 0.3 is 0 Å². The van der Waals surface area contributed by atoms with Crippen molar-refractivity contribution in [3.63, 3.8) is 0 Å². The standard InChI is InChI=1S/C36H65N3O11/c1-2-3-4-5-6-7-8-9-10-11-12-13-14-15-19-44-21-23-46-25-27-48-29-31-50-32-30-49-28-26-47-24-22-45-20-18-37-35-17-16-34(38(40)41)33-36(35)39(42)43/h16-17,33,37H,2-15,18-32H2,1H3. The van der Waals surface area contributed by atoms with Gasteiger partial charge < -0.3 is 38.5 Å². The number of unbranched alkanes of at least 4 members (excludes halogenated alkanes) is 13. The SMILES string of the molecule is CCCCCCCCCCCCCCCCOCCOCCOCCOCCOCCOCCOCCNc1ccc([N+](=O)[O-])cc1[N+](=O)[O-]. The van der Waals surface area contributed by atoms with Gasteiger partial charge in [-0.05, 0) is 12.5 Å². The molecule has 14 heteroatoms. The van der Waals surface area contributed by atoms with Gasteiger partial charge in [-0.15, -0.1) is 0 Å². The predicted octanol–water partition coefficient (Wildman–Crippen LogP) is 7.51. The highest BCUT2D eigenvalue weighted by atomic mass is 16.6. The van der Waals surface area contributed by atoms with E-state index in [9.17, 15) is 20.2 Å². The Balaban J connectivity index is 1.71. The van der Waals surface area contributed by atoms with Crippen LogP contribution in [0.5, 0.6) is 0 Å². The fraction of sp³-hybridized carbons (Fsp3) is 0.833. The van der Waals surface area contributed by atoms with E-state index in [1.165, 1.54) is 95.6 Å². The van der Waals surface area contributed by atoms with Gasteiger partial charge in [-0.3, -0.25) is 20.2 Å². The van der Waals surface area contributed by atoms with Gasteiger partial charge in [-0.1, -0.05) is 90.4 Å². The van der Waals surface area contributed by atoms with Crippen molar-refractivity contribution in [1.82, 2.24) is 0 Å². The summed E-state index contributed by atoms with van der Waals surface area (Å²) in [4.78, 5) is 20.6. The highest BCUT2D eigenvalue weighted by Crippen LogP contribution is 2.28. The summed E-state index contributed by atoms with van der Waals surface area (Å²) in [5.74, 6) is 0. The molecular weight excluding hydrogens is 650 g/mol. The zero-order valence-electron chi connectivity index (χ0n) is 30.6. The maximum atomic E-state index is 11.2. The third-order valence-electron chi connectivity index (χ3n) is 7.82. The summed E-state index contributed by atoms with van der Waals surface area (Å²) >= 11 is 0. The number of nitrogens with zero attached hydrogens (tertiary/aromatic N) is 2. The van der Waals surface area contributed by atoms with Gasteiger partial charge in [0.05, 0.1) is 102 Å². The molecule has 0 unspecified atom stereocenters. The molecule has 0 aromatic heterocycles. The molecule has 0 saturated heterocycles. The average Bonchev–Trinajstić information content (AvgIpc) is 3.11. The van der Waals surface area contributed by atoms with Crippen LogP contribution < -0.4 is 5.32 Å². The van der Waals surface area contributed by atoms with Gasteiger partial charge in [0.15, 0.2) is 0 Å². The Bertz CT molecular complexity index is 943. The first-order valence-electron chi connectivity index (χ1n) is 18.8. The highest BCUT2D eigenvalue weighted by molar-refractivity contribution is 5.65. The van der Waals surface area contributed by atoms with E-state index in [1.807, 2.05) is 0 Å². The van der Waals surface area contributed by atoms with Crippen LogP contribution in [0.3, 0.4) is 0 Å². The zero-order chi connectivity index (χ0) is 36.2. The maximum absolute atomic E-state index is 11.2. The van der Waals surface area contributed by atoms with Gasteiger partial charge in [-0.25, -0.2) is 0 Å². The van der Waals surface area contributed by atoms with Gasteiger partial charge in [0, 0.05) is 19.2 Å². The first-order valence-corrected chi connectivity index (χ1v) is 18.8. The molecule has 0 aliphatic heterocycles. The minimum Gasteiger partial charge on any atom is -0.379 e. The molecule has 14 nitrogen and oxygen atoms in total. The smallest absolute Gasteiger partial charge is 0.299 e. The molecule has 1 N–H and O–H groups in total. The lowest BCUT2D eigenvalue weighted by Gasteiger charge is -2.09. The zero-order valence-corrected chi connectivity index (χ0v) is 30.6. The Hall–Kier alpha value is -2.46. The molecule has 1 aromatic rings. The number of nitro benzene ring substituents is 2. The van der Waals surface area contributed by atoms with Crippen LogP contribution >= 0.6 is 0 Å². The first kappa shape index (κ1) is 45.6. The molecule has 0 atom stereocenters. The summed E-state index contributed by atoms with van der Waals surface area (Å²) in [6, 6.07) is 3.45. The summed E-state index contributed by atoms with van der Waals surface area (Å²) < 4.78 is 38.5. The fourth-order valence-corrected chi connectivity index (χ4v) is 5.01. The third kappa shape index (κ3) is 28.3. The minimum atomic E-state index is -0.674. The van der Waals surface area contributed by atoms with Gasteiger partial charge in [0.1, 0.15) is 5.69 Å². The number of anilines is 1. The Kier molecular flexibility index (Phi) is 31.9. The Morgan fingerprint density at radius 2 is 0.840 bits per heavy atom. The molecule has 1 rings (SSSR count). The van der Waals surface area contributed by atoms with Crippen LogP contribution in [0, 0.1) is 20.2 Å². The van der Waals surface area contributed by atoms with Crippen LogP contribution in [-0.4, -0.2) is 109 Å². The van der Waals surface area contributed by atoms with Crippen molar-refractivity contribution in [1.29, 1.82) is 0 Å². The number of non-ortho nitro benzene ring substituents is 1. The summed E-state index contributed by atoms with van der Waals surface area (Å²) in [7, 11) is 0. The lowest BCUT2D eigenvalue weighted by Crippen LogP contribution is -2.15. The third-order valence-corrected chi connectivity index (χ3v) is 7.82. The van der Waals surface area contributed by atoms with Crippen molar-refractivity contribution in [2.24, 2.45) is 0 Å². The van der Waals surface area contributed by atoms with Crippen molar-refractivity contribution in [2.45, 2.75) is 96.8 Å². The van der Waals surface area contributed by atoms with Crippen LogP contribution in [0.25, 0.3) is 0 Å². The number of nitro groups is 2. The molecule has 1 aromatic carbocycles. The molecule has 0 heterocycles. The molecule has 0 amide bonds. The Labute approximate surface area is 299 Å². The van der Waals surface area contributed by atoms with Crippen molar-refractivity contribution >= 4 is 17.1 Å². The van der Waals surface area contributed by atoms with Crippen LogP contribution in [0.15, 0.2) is 18.2 Å². The van der Waals surface area contributed by atoms with E-state index in [1.54, 1.807) is 0 Å². The van der Waals surface area contributed by atoms with Crippen molar-refractivity contribution in [3.05, 3.63) is 38.4 Å². The second-order valence-electron chi connectivity index (χ2n) is 12.0. The second kappa shape index (κ2) is 35.0. The van der Waals surface area contributed by atoms with E-state index in [0.29, 0.717) is 85.8 Å². The van der Waals surface area contributed by atoms with E-state index in [0.717, 1.165) is 19.1 Å². The molecule has 0 fully saturated rings. The monoisotopic (exact) mass is 715 g/mol. The van der Waals surface area contributed by atoms with Gasteiger partial charge in [-0.2, -0.15) is 0 Å². The molecule has 290 valence electrons. The van der Waals surface area contributed by atoms with E-state index < -0.39 is 9.85 Å². The summed E-state index contributed by atoms with van der Waals surface area (Å²) in [5, 5.41) is 24.8. The Morgan fingerprint density at radius 1 is 0.480 bits per heavy atom. The Morgan fingerprint density at radius 3 is 1.22 bits per heavy atom. The van der Waals surface area contributed by atoms with Crippen LogP contribution in [0.2, 0.25) is 0 Å². The normalized spacial score (nSPS) is 11.3. The van der Waals surface area contributed by atoms with E-state index in [4.69, 9.17) is 33.2 Å². The van der Waals surface area contributed by atoms with E-state index in [-0.39, 0.29) is 23.7 Å². The fourth-order valence-electron chi connectivity index (χ4n) is 5.01. The molecule has 0 radical (unpaired) electrons. The highest BCUT2D eigenvalue weighted by Gasteiger charge is 2.19. The van der Waals surface area contributed by atoms with Gasteiger partial charge in [0.25, 0.3) is 11.4 Å². The van der Waals surface area contributed by atoms with Crippen molar-refractivity contribution in [3.8, 4) is 0 Å². The number of ether oxygens (including phenoxy) is 7. The van der Waals surface area contributed by atoms with Gasteiger partial charge in [0.2, 0.25) is 0 Å². The van der Waals surface area contributed by atoms with Crippen LogP contribution in [-0.2, 0) is 33.2 Å². The lowest BCUT2D eigenvalue weighted by molar-refractivity contribution is -0.393. The average molecular weight is 716 g/mol. The summed E-state index contributed by atoms with van der Waals surface area (Å²) in [5.41, 5.74) is -0.499. The van der Waals surface area contributed by atoms with E-state index >= 15 is 0 Å². The first-order chi connectivity index (χ1) is 24.6. The summed E-state index contributed by atoms with van der Waals surface area (Å²) in [6.07, 6.45) is 19.1. The molecule has 50 heavy (non-hydrogen) atoms. The quantitative estimate of drug-likeness (QED) is 0.0406. The maximum Gasteiger partial charge on any atom is 0.299 e. The van der Waals surface area contributed by atoms with Crippen molar-refractivity contribution in [2.75, 3.05) is 104 Å². The van der Waals surface area contributed by atoms with Crippen LogP contribution in [0.4, 0.5) is 17.1 Å². The summed E-state index contributed by atoms with van der Waals surface area (Å²) in [6.45, 7) is 9.48. The molecule has 0 bridgehead atoms. The number of nitrogens with one attached hydrogen (secondary N) is 1. The molecule has 0 spiro atoms. The van der Waals surface area contributed by atoms with E-state index in [2.05, 4.69) is 12.2 Å². The molecule has 0 saturated carbocycles. The number of benzene rings is 1. The molecule has 0 aliphatic rings. The number of hydrogen-bond acceptors (Lipinski definition) is 12. The number of rotatable bonds is 39. The predicted molar refractivity (Wildman–Crippen MR) is 194 cm³/mol. The van der Waals surface area contributed by atoms with Crippen molar-refractivity contribution < 1.29 is 43.0 Å². The second-order valence-corrected chi connectivity index (χ2v) is 12.0. The molecular formula is C36H65N3O11. The minimum absolute atomic E-state index is 0.195. The van der Waals surface area contributed by atoms with Crippen LogP contribution in [0.1, 0.15) is 96.8 Å².